The van der Waals surface area contributed by atoms with Crippen LogP contribution in [0.4, 0.5) is 20.6 Å². The number of methoxy groups -OCH3 is 1. The molecule has 3 aromatic rings. The van der Waals surface area contributed by atoms with Crippen LogP contribution in [0.25, 0.3) is 0 Å². The van der Waals surface area contributed by atoms with Crippen LogP contribution in [0, 0.1) is 5.82 Å². The van der Waals surface area contributed by atoms with E-state index in [1.54, 1.807) is 34.5 Å². The fourth-order valence-corrected chi connectivity index (χ4v) is 5.56. The Morgan fingerprint density at radius 3 is 2.37 bits per heavy atom. The average Bonchev–Trinajstić information content (AvgIpc) is 3.48. The van der Waals surface area contributed by atoms with Gasteiger partial charge in [-0.3, -0.25) is 14.4 Å². The Hall–Kier alpha value is -4.45. The Bertz CT molecular complexity index is 1420. The number of nitrogens with one attached hydrogen (secondary N) is 2. The number of halogens is 1. The molecule has 0 bridgehead atoms. The lowest BCUT2D eigenvalue weighted by molar-refractivity contribution is -0.137. The molecule has 1 aliphatic rings. The van der Waals surface area contributed by atoms with Crippen molar-refractivity contribution in [1.29, 1.82) is 0 Å². The lowest BCUT2D eigenvalue weighted by Gasteiger charge is -2.45. The fraction of sp³-hybridized carbons (Fsp3) is 0.310. The van der Waals surface area contributed by atoms with Gasteiger partial charge in [0.25, 0.3) is 11.8 Å². The Morgan fingerprint density at radius 1 is 1.02 bits per heavy atom. The Balaban J connectivity index is 1.66. The number of hydrogen-bond donors (Lipinski definition) is 3. The second kappa shape index (κ2) is 12.8. The van der Waals surface area contributed by atoms with Crippen molar-refractivity contribution < 1.29 is 33.4 Å². The number of aliphatic carboxylic acids is 1. The number of carboxylic acid groups (broad SMARTS) is 1. The second-order valence-electron chi connectivity index (χ2n) is 9.81. The van der Waals surface area contributed by atoms with Crippen molar-refractivity contribution in [2.45, 2.75) is 38.4 Å². The van der Waals surface area contributed by atoms with Gasteiger partial charge in [-0.25, -0.2) is 9.18 Å². The molecule has 1 saturated heterocycles. The number of carboxylic acids is 1. The number of anilines is 2. The van der Waals surface area contributed by atoms with Crippen LogP contribution in [0.1, 0.15) is 51.9 Å². The molecule has 0 saturated carbocycles. The first-order valence-electron chi connectivity index (χ1n) is 13.0. The largest absolute Gasteiger partial charge is 0.481 e. The van der Waals surface area contributed by atoms with E-state index in [2.05, 4.69) is 10.6 Å². The molecule has 41 heavy (non-hydrogen) atoms. The summed E-state index contributed by atoms with van der Waals surface area (Å²) in [5, 5.41) is 16.8. The zero-order valence-electron chi connectivity index (χ0n) is 22.8. The Labute approximate surface area is 240 Å². The van der Waals surface area contributed by atoms with Crippen LogP contribution in [0.15, 0.2) is 60.0 Å². The SMILES string of the molecule is COC(=O)N1CC(C)N(c2ccc(C(=O)NC(CC(=O)O)c3cccs3)cc2NC(=O)c2ccc(F)cc2)CC1C. The van der Waals surface area contributed by atoms with Crippen LogP contribution in [-0.2, 0) is 9.53 Å². The Kier molecular flexibility index (Phi) is 9.23. The zero-order valence-corrected chi connectivity index (χ0v) is 23.6. The second-order valence-corrected chi connectivity index (χ2v) is 10.8. The summed E-state index contributed by atoms with van der Waals surface area (Å²) in [6.07, 6.45) is -0.722. The first-order chi connectivity index (χ1) is 19.6. The molecule has 0 radical (unpaired) electrons. The quantitative estimate of drug-likeness (QED) is 0.350. The molecule has 3 atom stereocenters. The highest BCUT2D eigenvalue weighted by atomic mass is 32.1. The van der Waals surface area contributed by atoms with Crippen LogP contribution in [0.5, 0.6) is 0 Å². The maximum Gasteiger partial charge on any atom is 0.409 e. The first kappa shape index (κ1) is 29.5. The monoisotopic (exact) mass is 582 g/mol. The normalized spacial score (nSPS) is 17.5. The first-order valence-corrected chi connectivity index (χ1v) is 13.8. The van der Waals surface area contributed by atoms with Crippen LogP contribution in [0.3, 0.4) is 0 Å². The molecule has 2 heterocycles. The zero-order chi connectivity index (χ0) is 29.7. The van der Waals surface area contributed by atoms with E-state index in [-0.39, 0.29) is 29.6 Å². The maximum absolute atomic E-state index is 13.4. The van der Waals surface area contributed by atoms with Gasteiger partial charge >= 0.3 is 12.1 Å². The van der Waals surface area contributed by atoms with Crippen molar-refractivity contribution in [2.24, 2.45) is 0 Å². The van der Waals surface area contributed by atoms with E-state index in [0.717, 1.165) is 0 Å². The predicted octanol–water partition coefficient (Wildman–Crippen LogP) is 4.75. The summed E-state index contributed by atoms with van der Waals surface area (Å²) in [5.41, 5.74) is 1.40. The third kappa shape index (κ3) is 7.01. The van der Waals surface area contributed by atoms with E-state index < -0.39 is 35.7 Å². The summed E-state index contributed by atoms with van der Waals surface area (Å²) >= 11 is 1.34. The molecule has 10 nitrogen and oxygen atoms in total. The van der Waals surface area contributed by atoms with Crippen molar-refractivity contribution in [1.82, 2.24) is 10.2 Å². The minimum atomic E-state index is -1.06. The fourth-order valence-electron chi connectivity index (χ4n) is 4.79. The predicted molar refractivity (Wildman–Crippen MR) is 153 cm³/mol. The van der Waals surface area contributed by atoms with Gasteiger partial charge in [-0.05, 0) is 67.8 Å². The lowest BCUT2D eigenvalue weighted by atomic mass is 10.0. The molecule has 1 aliphatic heterocycles. The number of amides is 3. The number of carbonyl (C=O) groups is 4. The molecule has 2 aromatic carbocycles. The molecule has 1 aromatic heterocycles. The number of benzene rings is 2. The van der Waals surface area contributed by atoms with E-state index in [0.29, 0.717) is 29.3 Å². The summed E-state index contributed by atoms with van der Waals surface area (Å²) in [5.74, 6) is -2.54. The van der Waals surface area contributed by atoms with E-state index >= 15 is 0 Å². The number of rotatable bonds is 8. The van der Waals surface area contributed by atoms with Crippen LogP contribution < -0.4 is 15.5 Å². The van der Waals surface area contributed by atoms with Gasteiger partial charge in [0, 0.05) is 41.2 Å². The molecule has 3 amide bonds. The molecule has 0 spiro atoms. The van der Waals surface area contributed by atoms with Gasteiger partial charge in [0.1, 0.15) is 5.82 Å². The van der Waals surface area contributed by atoms with Crippen molar-refractivity contribution in [3.8, 4) is 0 Å². The molecule has 0 aliphatic carbocycles. The third-order valence-corrected chi connectivity index (χ3v) is 7.87. The number of nitrogens with zero attached hydrogens (tertiary/aromatic N) is 2. The summed E-state index contributed by atoms with van der Waals surface area (Å²) in [6, 6.07) is 12.4. The van der Waals surface area contributed by atoms with Crippen LogP contribution >= 0.6 is 11.3 Å². The summed E-state index contributed by atoms with van der Waals surface area (Å²) in [4.78, 5) is 54.5. The molecule has 216 valence electrons. The van der Waals surface area contributed by atoms with E-state index in [1.807, 2.05) is 18.7 Å². The molecular weight excluding hydrogens is 551 g/mol. The molecule has 3 N–H and O–H groups in total. The minimum Gasteiger partial charge on any atom is -0.481 e. The number of carbonyl (C=O) groups excluding carboxylic acids is 3. The van der Waals surface area contributed by atoms with Gasteiger partial charge in [0.15, 0.2) is 0 Å². The highest BCUT2D eigenvalue weighted by Gasteiger charge is 2.34. The van der Waals surface area contributed by atoms with Gasteiger partial charge in [-0.15, -0.1) is 11.3 Å². The van der Waals surface area contributed by atoms with Crippen LogP contribution in [-0.4, -0.2) is 66.2 Å². The lowest BCUT2D eigenvalue weighted by Crippen LogP contribution is -2.58. The molecule has 1 fully saturated rings. The van der Waals surface area contributed by atoms with Gasteiger partial charge in [-0.2, -0.15) is 0 Å². The van der Waals surface area contributed by atoms with E-state index in [1.165, 1.54) is 48.8 Å². The van der Waals surface area contributed by atoms with Gasteiger partial charge in [0.05, 0.1) is 30.9 Å². The van der Waals surface area contributed by atoms with Crippen molar-refractivity contribution in [2.75, 3.05) is 30.4 Å². The summed E-state index contributed by atoms with van der Waals surface area (Å²) in [7, 11) is 1.33. The summed E-state index contributed by atoms with van der Waals surface area (Å²) in [6.45, 7) is 4.63. The van der Waals surface area contributed by atoms with Gasteiger partial charge in [0.2, 0.25) is 0 Å². The Morgan fingerprint density at radius 2 is 1.73 bits per heavy atom. The number of thiophene rings is 1. The van der Waals surface area contributed by atoms with Crippen molar-refractivity contribution in [3.05, 3.63) is 81.8 Å². The van der Waals surface area contributed by atoms with Gasteiger partial charge in [-0.1, -0.05) is 6.07 Å². The minimum absolute atomic E-state index is 0.162. The van der Waals surface area contributed by atoms with Crippen LogP contribution in [0.2, 0.25) is 0 Å². The highest BCUT2D eigenvalue weighted by molar-refractivity contribution is 7.10. The van der Waals surface area contributed by atoms with Crippen molar-refractivity contribution >= 4 is 46.6 Å². The van der Waals surface area contributed by atoms with E-state index in [9.17, 15) is 28.7 Å². The highest BCUT2D eigenvalue weighted by Crippen LogP contribution is 2.33. The smallest absolute Gasteiger partial charge is 0.409 e. The maximum atomic E-state index is 13.4. The number of piperazine rings is 1. The average molecular weight is 583 g/mol. The number of ether oxygens (including phenoxy) is 1. The van der Waals surface area contributed by atoms with Crippen molar-refractivity contribution in [3.63, 3.8) is 0 Å². The van der Waals surface area contributed by atoms with E-state index in [4.69, 9.17) is 4.74 Å². The molecule has 12 heteroatoms. The molecule has 4 rings (SSSR count). The third-order valence-electron chi connectivity index (χ3n) is 6.89. The summed E-state index contributed by atoms with van der Waals surface area (Å²) < 4.78 is 18.4. The topological polar surface area (TPSA) is 128 Å². The standard InChI is InChI=1S/C29H31FN4O6S/c1-17-16-34(29(39)40-3)18(2)15-33(17)24-11-8-20(13-22(24)31-27(37)19-6-9-21(30)10-7-19)28(38)32-23(14-26(35)36)25-5-4-12-41-25/h4-13,17-18,23H,14-16H2,1-3H3,(H,31,37)(H,32,38)(H,35,36). The number of hydrogen-bond acceptors (Lipinski definition) is 7. The molecule has 3 unspecified atom stereocenters. The molecular formula is C29H31FN4O6S. The van der Waals surface area contributed by atoms with Gasteiger partial charge < -0.3 is 30.3 Å².